The number of hydrogen-bond donors (Lipinski definition) is 0. The van der Waals surface area contributed by atoms with Crippen molar-refractivity contribution < 1.29 is 34.1 Å². The molecule has 0 saturated heterocycles. The topological polar surface area (TPSA) is 0 Å². The maximum absolute atomic E-state index is 0. The van der Waals surface area contributed by atoms with E-state index < -0.39 is 0 Å². The minimum Gasteiger partial charge on any atom is 0 e. The number of hydrogen-bond acceptors (Lipinski definition) is 0. The molecule has 0 heterocycles. The van der Waals surface area contributed by atoms with E-state index in [9.17, 15) is 0 Å². The standard InChI is InChI=1S/Al.2Cu.Mg.5H. The van der Waals surface area contributed by atoms with Gasteiger partial charge in [-0.05, 0) is 0 Å². The van der Waals surface area contributed by atoms with Gasteiger partial charge in [0.05, 0.1) is 0 Å². The van der Waals surface area contributed by atoms with E-state index in [2.05, 4.69) is 0 Å². The van der Waals surface area contributed by atoms with Gasteiger partial charge in [-0.15, -0.1) is 0 Å². The molecule has 0 rings (SSSR count). The average molecular weight is 183 g/mol. The van der Waals surface area contributed by atoms with Gasteiger partial charge in [-0.25, -0.2) is 0 Å². The summed E-state index contributed by atoms with van der Waals surface area (Å²) in [6, 6.07) is 0. The number of rotatable bonds is 0. The molecule has 0 aromatic heterocycles. The zero-order valence-electron chi connectivity index (χ0n) is 0.603. The van der Waals surface area contributed by atoms with Crippen LogP contribution in [0.25, 0.3) is 0 Å². The molecule has 0 fully saturated rings. The Hall–Kier alpha value is 2.34. The van der Waals surface area contributed by atoms with Crippen LogP contribution in [0.4, 0.5) is 0 Å². The van der Waals surface area contributed by atoms with Crippen LogP contribution in [-0.2, 0) is 34.1 Å². The summed E-state index contributed by atoms with van der Waals surface area (Å²) in [5, 5.41) is 0. The molecule has 0 aromatic carbocycles. The monoisotopic (exact) mass is 182 g/mol. The summed E-state index contributed by atoms with van der Waals surface area (Å²) in [5.41, 5.74) is 0. The van der Waals surface area contributed by atoms with Crippen LogP contribution in [0.3, 0.4) is 0 Å². The van der Waals surface area contributed by atoms with E-state index in [4.69, 9.17) is 0 Å². The molecule has 0 aliphatic rings. The molecule has 0 aromatic rings. The zero-order valence-corrected chi connectivity index (χ0v) is 2.49. The van der Waals surface area contributed by atoms with Crippen LogP contribution < -0.4 is 0 Å². The molecular weight excluding hydrogens is 178 g/mol. The van der Waals surface area contributed by atoms with Crippen LogP contribution in [0.2, 0.25) is 0 Å². The summed E-state index contributed by atoms with van der Waals surface area (Å²) in [7, 11) is 0. The molecule has 0 amide bonds. The SMILES string of the molecule is [AlH3].[Cu].[Cu].[MgH2]. The van der Waals surface area contributed by atoms with Crippen molar-refractivity contribution in [2.24, 2.45) is 0 Å². The second kappa shape index (κ2) is 18.4. The van der Waals surface area contributed by atoms with Gasteiger partial charge in [0.2, 0.25) is 0 Å². The van der Waals surface area contributed by atoms with Gasteiger partial charge in [0.15, 0.2) is 17.4 Å². The average Bonchev–Trinajstić information content (AvgIpc) is 0. The Balaban J connectivity index is 0. The van der Waals surface area contributed by atoms with Gasteiger partial charge in [-0.2, -0.15) is 0 Å². The Bertz CT molecular complexity index is 6.00. The van der Waals surface area contributed by atoms with Gasteiger partial charge in [-0.1, -0.05) is 0 Å². The molecule has 2 radical (unpaired) electrons. The molecule has 0 nitrogen and oxygen atoms in total. The Labute approximate surface area is 73.7 Å². The third-order valence-corrected chi connectivity index (χ3v) is 0. The van der Waals surface area contributed by atoms with Crippen LogP contribution >= 0.6 is 0 Å². The van der Waals surface area contributed by atoms with E-state index >= 15 is 0 Å². The molecule has 4 heteroatoms. The van der Waals surface area contributed by atoms with Gasteiger partial charge in [0.1, 0.15) is 0 Å². The largest absolute Gasteiger partial charge is 0.316 e. The molecule has 0 saturated carbocycles. The first-order valence-electron chi connectivity index (χ1n) is 0. The maximum Gasteiger partial charge on any atom is 0.316 e. The molecule has 0 aliphatic carbocycles. The van der Waals surface area contributed by atoms with Crippen LogP contribution in [0.5, 0.6) is 0 Å². The van der Waals surface area contributed by atoms with Crippen LogP contribution in [0, 0.1) is 0 Å². The molecule has 4 heavy (non-hydrogen) atoms. The minimum atomic E-state index is 0. The minimum absolute atomic E-state index is 0. The van der Waals surface area contributed by atoms with Crippen molar-refractivity contribution in [3.63, 3.8) is 0 Å². The third-order valence-electron chi connectivity index (χ3n) is 0. The van der Waals surface area contributed by atoms with E-state index in [1.54, 1.807) is 0 Å². The fourth-order valence-corrected chi connectivity index (χ4v) is 0. The van der Waals surface area contributed by atoms with Crippen molar-refractivity contribution in [2.75, 3.05) is 0 Å². The summed E-state index contributed by atoms with van der Waals surface area (Å²) < 4.78 is 0. The predicted octanol–water partition coefficient (Wildman–Crippen LogP) is -2.11. The Kier molecular flexibility index (Phi) is 152. The molecular formula is H5AlCu2Mg. The molecule has 0 bridgehead atoms. The zero-order chi connectivity index (χ0) is 0. The van der Waals surface area contributed by atoms with Crippen LogP contribution in [0.1, 0.15) is 0 Å². The van der Waals surface area contributed by atoms with Crippen molar-refractivity contribution in [1.82, 2.24) is 0 Å². The Morgan fingerprint density at radius 2 is 0.750 bits per heavy atom. The molecule has 0 aliphatic heterocycles. The maximum atomic E-state index is 0. The molecule has 0 atom stereocenters. The fourth-order valence-electron chi connectivity index (χ4n) is 0. The van der Waals surface area contributed by atoms with E-state index in [1.165, 1.54) is 0 Å². The summed E-state index contributed by atoms with van der Waals surface area (Å²) in [6.45, 7) is 0. The van der Waals surface area contributed by atoms with Crippen LogP contribution in [0.15, 0.2) is 0 Å². The van der Waals surface area contributed by atoms with Gasteiger partial charge in [0, 0.05) is 34.1 Å². The van der Waals surface area contributed by atoms with Gasteiger partial charge in [-0.3, -0.25) is 0 Å². The first-order chi connectivity index (χ1) is 0. The summed E-state index contributed by atoms with van der Waals surface area (Å²) in [4.78, 5) is 0. The second-order valence-corrected chi connectivity index (χ2v) is 0. The van der Waals surface area contributed by atoms with Crippen molar-refractivity contribution >= 4 is 40.4 Å². The Morgan fingerprint density at radius 1 is 0.750 bits per heavy atom. The Morgan fingerprint density at radius 3 is 0.750 bits per heavy atom. The van der Waals surface area contributed by atoms with E-state index in [1.807, 2.05) is 0 Å². The third kappa shape index (κ3) is 8.84. The van der Waals surface area contributed by atoms with Crippen molar-refractivity contribution in [1.29, 1.82) is 0 Å². The van der Waals surface area contributed by atoms with Crippen LogP contribution in [-0.4, -0.2) is 40.4 Å². The first kappa shape index (κ1) is 33.0. The fraction of sp³-hybridized carbons (Fsp3) is 0. The van der Waals surface area contributed by atoms with Gasteiger partial charge < -0.3 is 0 Å². The predicted molar refractivity (Wildman–Crippen MR) is 18.5 cm³/mol. The quantitative estimate of drug-likeness (QED) is 0.377. The van der Waals surface area contributed by atoms with E-state index in [0.717, 1.165) is 0 Å². The molecule has 0 N–H and O–H groups in total. The first-order valence-corrected chi connectivity index (χ1v) is 0. The molecule has 0 unspecified atom stereocenters. The van der Waals surface area contributed by atoms with Crippen molar-refractivity contribution in [3.8, 4) is 0 Å². The summed E-state index contributed by atoms with van der Waals surface area (Å²) in [6.07, 6.45) is 0. The van der Waals surface area contributed by atoms with E-state index in [-0.39, 0.29) is 74.6 Å². The smallest absolute Gasteiger partial charge is 0 e. The molecule has 32 valence electrons. The van der Waals surface area contributed by atoms with Crippen molar-refractivity contribution in [2.45, 2.75) is 0 Å². The van der Waals surface area contributed by atoms with Gasteiger partial charge in [0.25, 0.3) is 0 Å². The second-order valence-electron chi connectivity index (χ2n) is 0. The molecule has 0 spiro atoms. The normalized spacial score (nSPS) is 0. The summed E-state index contributed by atoms with van der Waals surface area (Å²) >= 11 is 0. The van der Waals surface area contributed by atoms with Crippen molar-refractivity contribution in [3.05, 3.63) is 0 Å². The van der Waals surface area contributed by atoms with Gasteiger partial charge >= 0.3 is 23.1 Å². The van der Waals surface area contributed by atoms with E-state index in [0.29, 0.717) is 0 Å². The summed E-state index contributed by atoms with van der Waals surface area (Å²) in [5.74, 6) is 0.